The molecule has 1 aliphatic rings. The van der Waals surface area contributed by atoms with Crippen LogP contribution in [-0.4, -0.2) is 29.9 Å². The van der Waals surface area contributed by atoms with Gasteiger partial charge in [-0.15, -0.1) is 0 Å². The number of carbonyl (C=O) groups is 1. The molecule has 1 aliphatic heterocycles. The molecule has 0 aromatic heterocycles. The summed E-state index contributed by atoms with van der Waals surface area (Å²) in [5.74, 6) is -0.0829. The number of rotatable bonds is 4. The molecule has 1 saturated heterocycles. The summed E-state index contributed by atoms with van der Waals surface area (Å²) < 4.78 is 0. The fourth-order valence-corrected chi connectivity index (χ4v) is 3.63. The van der Waals surface area contributed by atoms with Crippen LogP contribution in [0.25, 0.3) is 0 Å². The van der Waals surface area contributed by atoms with Gasteiger partial charge in [0.25, 0.3) is 5.91 Å². The van der Waals surface area contributed by atoms with Crippen LogP contribution in [0.4, 0.5) is 5.69 Å². The number of likely N-dealkylation sites (tertiary alicyclic amines) is 1. The van der Waals surface area contributed by atoms with Crippen molar-refractivity contribution in [2.45, 2.75) is 39.3 Å². The summed E-state index contributed by atoms with van der Waals surface area (Å²) in [6.07, 6.45) is 1.02. The van der Waals surface area contributed by atoms with Gasteiger partial charge < -0.3 is 11.1 Å². The van der Waals surface area contributed by atoms with E-state index in [2.05, 4.69) is 43.1 Å². The number of carbonyl (C=O) groups excluding carboxylic acids is 1. The first kappa shape index (κ1) is 18.6. The van der Waals surface area contributed by atoms with Gasteiger partial charge in [-0.3, -0.25) is 9.69 Å². The molecular weight excluding hydrogens is 322 g/mol. The minimum absolute atomic E-state index is 0.0829. The minimum atomic E-state index is -0.0829. The highest BCUT2D eigenvalue weighted by Crippen LogP contribution is 2.33. The molecule has 1 heterocycles. The predicted molar refractivity (Wildman–Crippen MR) is 107 cm³/mol. The first-order valence-electron chi connectivity index (χ1n) is 9.33. The summed E-state index contributed by atoms with van der Waals surface area (Å²) in [5, 5.41) is 3.00. The van der Waals surface area contributed by atoms with Gasteiger partial charge in [-0.25, -0.2) is 0 Å². The van der Waals surface area contributed by atoms with Crippen LogP contribution in [0.15, 0.2) is 54.6 Å². The zero-order valence-corrected chi connectivity index (χ0v) is 15.9. The molecule has 2 aromatic rings. The highest BCUT2D eigenvalue weighted by Gasteiger charge is 2.35. The second-order valence-electron chi connectivity index (χ2n) is 7.98. The Hall–Kier alpha value is -2.17. The monoisotopic (exact) mass is 351 g/mol. The molecule has 4 heteroatoms. The zero-order chi connectivity index (χ0) is 18.7. The van der Waals surface area contributed by atoms with Gasteiger partial charge in [0.1, 0.15) is 0 Å². The lowest BCUT2D eigenvalue weighted by Gasteiger charge is -2.45. The molecule has 26 heavy (non-hydrogen) atoms. The Bertz CT molecular complexity index is 757. The number of nitrogens with zero attached hydrogens (tertiary/aromatic N) is 1. The van der Waals surface area contributed by atoms with Crippen molar-refractivity contribution in [3.05, 3.63) is 65.7 Å². The van der Waals surface area contributed by atoms with Gasteiger partial charge in [-0.1, -0.05) is 44.2 Å². The minimum Gasteiger partial charge on any atom is -0.327 e. The standard InChI is InChI=1S/C22H29N3O/c1-16(25-13-12-20(23)22(2,3)15-25)18-10-7-11-19(14-18)24-21(26)17-8-5-4-6-9-17/h4-11,14,16,20H,12-13,15,23H2,1-3H3,(H,24,26). The summed E-state index contributed by atoms with van der Waals surface area (Å²) in [6, 6.07) is 18.0. The molecule has 0 spiro atoms. The van der Waals surface area contributed by atoms with Crippen LogP contribution >= 0.6 is 0 Å². The Morgan fingerprint density at radius 2 is 1.92 bits per heavy atom. The van der Waals surface area contributed by atoms with E-state index in [1.54, 1.807) is 0 Å². The molecule has 0 saturated carbocycles. The van der Waals surface area contributed by atoms with Crippen LogP contribution < -0.4 is 11.1 Å². The molecule has 1 amide bonds. The molecule has 3 rings (SSSR count). The summed E-state index contributed by atoms with van der Waals surface area (Å²) >= 11 is 0. The maximum atomic E-state index is 12.4. The van der Waals surface area contributed by atoms with Crippen molar-refractivity contribution >= 4 is 11.6 Å². The van der Waals surface area contributed by atoms with Crippen LogP contribution in [0.5, 0.6) is 0 Å². The number of hydrogen-bond donors (Lipinski definition) is 2. The van der Waals surface area contributed by atoms with Gasteiger partial charge in [0.2, 0.25) is 0 Å². The van der Waals surface area contributed by atoms with E-state index in [-0.39, 0.29) is 23.4 Å². The SMILES string of the molecule is CC(c1cccc(NC(=O)c2ccccc2)c1)N1CCC(N)C(C)(C)C1. The van der Waals surface area contributed by atoms with Gasteiger partial charge in [0, 0.05) is 36.4 Å². The summed E-state index contributed by atoms with van der Waals surface area (Å²) in [6.45, 7) is 8.70. The molecule has 2 unspecified atom stereocenters. The van der Waals surface area contributed by atoms with Crippen LogP contribution in [0.1, 0.15) is 49.2 Å². The molecule has 3 N–H and O–H groups in total. The van der Waals surface area contributed by atoms with E-state index in [1.165, 1.54) is 5.56 Å². The van der Waals surface area contributed by atoms with Gasteiger partial charge in [0.05, 0.1) is 0 Å². The number of piperidine rings is 1. The van der Waals surface area contributed by atoms with E-state index in [0.717, 1.165) is 25.2 Å². The summed E-state index contributed by atoms with van der Waals surface area (Å²) in [5.41, 5.74) is 9.09. The Labute approximate surface area is 156 Å². The van der Waals surface area contributed by atoms with Gasteiger partial charge in [0.15, 0.2) is 0 Å². The predicted octanol–water partition coefficient (Wildman–Crippen LogP) is 4.06. The molecule has 4 nitrogen and oxygen atoms in total. The topological polar surface area (TPSA) is 58.4 Å². The lowest BCUT2D eigenvalue weighted by Crippen LogP contribution is -2.52. The normalized spacial score (nSPS) is 21.2. The van der Waals surface area contributed by atoms with E-state index in [1.807, 2.05) is 42.5 Å². The molecule has 0 bridgehead atoms. The summed E-state index contributed by atoms with van der Waals surface area (Å²) in [7, 11) is 0. The fourth-order valence-electron chi connectivity index (χ4n) is 3.63. The molecule has 0 aliphatic carbocycles. The number of anilines is 1. The average molecular weight is 351 g/mol. The van der Waals surface area contributed by atoms with Crippen LogP contribution in [0.3, 0.4) is 0 Å². The van der Waals surface area contributed by atoms with E-state index in [4.69, 9.17) is 5.73 Å². The molecule has 138 valence electrons. The molecule has 2 aromatic carbocycles. The third-order valence-electron chi connectivity index (χ3n) is 5.55. The van der Waals surface area contributed by atoms with Crippen molar-refractivity contribution in [1.29, 1.82) is 0 Å². The van der Waals surface area contributed by atoms with Crippen molar-refractivity contribution in [1.82, 2.24) is 4.90 Å². The van der Waals surface area contributed by atoms with E-state index in [9.17, 15) is 4.79 Å². The third-order valence-corrected chi connectivity index (χ3v) is 5.55. The quantitative estimate of drug-likeness (QED) is 0.873. The van der Waals surface area contributed by atoms with Crippen molar-refractivity contribution in [3.63, 3.8) is 0 Å². The van der Waals surface area contributed by atoms with Crippen molar-refractivity contribution in [2.75, 3.05) is 18.4 Å². The lowest BCUT2D eigenvalue weighted by molar-refractivity contribution is 0.0664. The Morgan fingerprint density at radius 3 is 2.62 bits per heavy atom. The van der Waals surface area contributed by atoms with Crippen LogP contribution in [0, 0.1) is 5.41 Å². The maximum absolute atomic E-state index is 12.4. The van der Waals surface area contributed by atoms with Crippen molar-refractivity contribution in [3.8, 4) is 0 Å². The van der Waals surface area contributed by atoms with Crippen LogP contribution in [0.2, 0.25) is 0 Å². The smallest absolute Gasteiger partial charge is 0.255 e. The fraction of sp³-hybridized carbons (Fsp3) is 0.409. The largest absolute Gasteiger partial charge is 0.327 e. The average Bonchev–Trinajstić information content (AvgIpc) is 2.64. The van der Waals surface area contributed by atoms with E-state index >= 15 is 0 Å². The third kappa shape index (κ3) is 4.14. The van der Waals surface area contributed by atoms with E-state index < -0.39 is 0 Å². The second kappa shape index (κ2) is 7.60. The number of nitrogens with two attached hydrogens (primary N) is 1. The maximum Gasteiger partial charge on any atom is 0.255 e. The van der Waals surface area contributed by atoms with Gasteiger partial charge in [-0.2, -0.15) is 0 Å². The molecule has 2 atom stereocenters. The Morgan fingerprint density at radius 1 is 1.19 bits per heavy atom. The molecule has 1 fully saturated rings. The zero-order valence-electron chi connectivity index (χ0n) is 15.9. The van der Waals surface area contributed by atoms with Crippen molar-refractivity contribution in [2.24, 2.45) is 11.1 Å². The lowest BCUT2D eigenvalue weighted by atomic mass is 9.79. The highest BCUT2D eigenvalue weighted by atomic mass is 16.1. The first-order chi connectivity index (χ1) is 12.4. The second-order valence-corrected chi connectivity index (χ2v) is 7.98. The molecular formula is C22H29N3O. The summed E-state index contributed by atoms with van der Waals surface area (Å²) in [4.78, 5) is 14.9. The molecule has 0 radical (unpaired) electrons. The highest BCUT2D eigenvalue weighted by molar-refractivity contribution is 6.04. The van der Waals surface area contributed by atoms with Gasteiger partial charge >= 0.3 is 0 Å². The Balaban J connectivity index is 1.72. The number of amides is 1. The van der Waals surface area contributed by atoms with Crippen LogP contribution in [-0.2, 0) is 0 Å². The van der Waals surface area contributed by atoms with E-state index in [0.29, 0.717) is 5.56 Å². The Kier molecular flexibility index (Phi) is 5.44. The van der Waals surface area contributed by atoms with Crippen molar-refractivity contribution < 1.29 is 4.79 Å². The number of hydrogen-bond acceptors (Lipinski definition) is 3. The number of nitrogens with one attached hydrogen (secondary N) is 1. The first-order valence-corrected chi connectivity index (χ1v) is 9.33. The van der Waals surface area contributed by atoms with Gasteiger partial charge in [-0.05, 0) is 48.6 Å². The number of benzene rings is 2.